The van der Waals surface area contributed by atoms with Crippen molar-refractivity contribution in [2.75, 3.05) is 0 Å². The van der Waals surface area contributed by atoms with E-state index in [1.807, 2.05) is 43.3 Å². The summed E-state index contributed by atoms with van der Waals surface area (Å²) in [5.41, 5.74) is 3.42. The number of hydrogen-bond donors (Lipinski definition) is 0. The topological polar surface area (TPSA) is 59.2 Å². The van der Waals surface area contributed by atoms with Crippen LogP contribution in [0.3, 0.4) is 0 Å². The summed E-state index contributed by atoms with van der Waals surface area (Å²) in [6, 6.07) is 19.4. The van der Waals surface area contributed by atoms with Gasteiger partial charge in [0.2, 0.25) is 0 Å². The van der Waals surface area contributed by atoms with E-state index in [0.29, 0.717) is 13.1 Å². The van der Waals surface area contributed by atoms with Crippen LogP contribution in [0.2, 0.25) is 0 Å². The first-order valence-electron chi connectivity index (χ1n) is 9.56. The zero-order chi connectivity index (χ0) is 20.9. The maximum Gasteiger partial charge on any atom is 0.276 e. The van der Waals surface area contributed by atoms with Crippen LogP contribution >= 0.6 is 0 Å². The summed E-state index contributed by atoms with van der Waals surface area (Å²) in [6.45, 7) is 2.78. The van der Waals surface area contributed by atoms with E-state index in [0.717, 1.165) is 16.7 Å². The van der Waals surface area contributed by atoms with Gasteiger partial charge in [-0.05, 0) is 41.8 Å². The molecule has 30 heavy (non-hydrogen) atoms. The molecular formula is C24H20FN3O2. The van der Waals surface area contributed by atoms with Crippen LogP contribution in [-0.2, 0) is 13.1 Å². The van der Waals surface area contributed by atoms with Crippen molar-refractivity contribution in [3.05, 3.63) is 107 Å². The van der Waals surface area contributed by atoms with Crippen LogP contribution in [-0.4, -0.2) is 20.9 Å². The van der Waals surface area contributed by atoms with Gasteiger partial charge in [0.15, 0.2) is 11.5 Å². The van der Waals surface area contributed by atoms with Crippen molar-refractivity contribution in [2.45, 2.75) is 20.0 Å². The molecule has 0 bridgehead atoms. The molecule has 0 atom stereocenters. The molecule has 0 saturated carbocycles. The Morgan fingerprint density at radius 1 is 1.03 bits per heavy atom. The zero-order valence-electron chi connectivity index (χ0n) is 16.5. The first-order chi connectivity index (χ1) is 14.6. The summed E-state index contributed by atoms with van der Waals surface area (Å²) in [5.74, 6) is -0.512. The van der Waals surface area contributed by atoms with Crippen molar-refractivity contribution in [1.29, 1.82) is 0 Å². The first-order valence-corrected chi connectivity index (χ1v) is 9.56. The number of carbonyl (C=O) groups is 1. The van der Waals surface area contributed by atoms with Crippen molar-refractivity contribution in [1.82, 2.24) is 15.0 Å². The Balaban J connectivity index is 1.64. The van der Waals surface area contributed by atoms with E-state index in [1.54, 1.807) is 35.5 Å². The molecule has 0 aliphatic carbocycles. The number of hydrogen-bond acceptors (Lipinski definition) is 4. The Kier molecular flexibility index (Phi) is 5.66. The fourth-order valence-corrected chi connectivity index (χ4v) is 3.23. The highest BCUT2D eigenvalue weighted by molar-refractivity contribution is 5.93. The predicted octanol–water partition coefficient (Wildman–Crippen LogP) is 5.03. The fourth-order valence-electron chi connectivity index (χ4n) is 3.23. The van der Waals surface area contributed by atoms with Gasteiger partial charge in [0.1, 0.15) is 5.82 Å². The molecule has 5 nitrogen and oxygen atoms in total. The van der Waals surface area contributed by atoms with Crippen molar-refractivity contribution < 1.29 is 13.7 Å². The third-order valence-corrected chi connectivity index (χ3v) is 4.87. The standard InChI is InChI=1S/C24H20FN3O2/c1-17-7-2-3-9-19(17)16-28(15-18-8-6-12-26-14-18)24(29)22-13-23(30-27-22)20-10-4-5-11-21(20)25/h2-14H,15-16H2,1H3. The van der Waals surface area contributed by atoms with Crippen LogP contribution in [0.1, 0.15) is 27.2 Å². The predicted molar refractivity (Wildman–Crippen MR) is 111 cm³/mol. The average molecular weight is 401 g/mol. The SMILES string of the molecule is Cc1ccccc1CN(Cc1cccnc1)C(=O)c1cc(-c2ccccc2F)on1. The van der Waals surface area contributed by atoms with Gasteiger partial charge in [0.05, 0.1) is 5.56 Å². The summed E-state index contributed by atoms with van der Waals surface area (Å²) in [7, 11) is 0. The minimum Gasteiger partial charge on any atom is -0.355 e. The average Bonchev–Trinajstić information content (AvgIpc) is 3.25. The zero-order valence-corrected chi connectivity index (χ0v) is 16.5. The molecular weight excluding hydrogens is 381 g/mol. The van der Waals surface area contributed by atoms with Crippen LogP contribution < -0.4 is 0 Å². The van der Waals surface area contributed by atoms with Crippen LogP contribution in [0, 0.1) is 12.7 Å². The van der Waals surface area contributed by atoms with Crippen LogP contribution in [0.5, 0.6) is 0 Å². The number of aryl methyl sites for hydroxylation is 1. The number of amides is 1. The molecule has 150 valence electrons. The van der Waals surface area contributed by atoms with E-state index in [1.165, 1.54) is 12.1 Å². The normalized spacial score (nSPS) is 10.7. The monoisotopic (exact) mass is 401 g/mol. The van der Waals surface area contributed by atoms with E-state index in [4.69, 9.17) is 4.52 Å². The molecule has 0 aliphatic rings. The highest BCUT2D eigenvalue weighted by atomic mass is 19.1. The summed E-state index contributed by atoms with van der Waals surface area (Å²) in [4.78, 5) is 19.1. The number of benzene rings is 2. The van der Waals surface area contributed by atoms with E-state index in [9.17, 15) is 9.18 Å². The van der Waals surface area contributed by atoms with Crippen LogP contribution in [0.25, 0.3) is 11.3 Å². The van der Waals surface area contributed by atoms with Gasteiger partial charge in [0.25, 0.3) is 5.91 Å². The molecule has 0 radical (unpaired) electrons. The quantitative estimate of drug-likeness (QED) is 0.455. The minimum absolute atomic E-state index is 0.130. The van der Waals surface area contributed by atoms with Gasteiger partial charge < -0.3 is 9.42 Å². The lowest BCUT2D eigenvalue weighted by Crippen LogP contribution is -2.30. The molecule has 6 heteroatoms. The van der Waals surface area contributed by atoms with E-state index < -0.39 is 5.82 Å². The molecule has 0 N–H and O–H groups in total. The Hall–Kier alpha value is -3.80. The molecule has 2 aromatic heterocycles. The molecule has 0 spiro atoms. The molecule has 0 aliphatic heterocycles. The summed E-state index contributed by atoms with van der Waals surface area (Å²) in [6.07, 6.45) is 3.42. The number of rotatable bonds is 6. The second-order valence-corrected chi connectivity index (χ2v) is 7.01. The molecule has 1 amide bonds. The van der Waals surface area contributed by atoms with Gasteiger partial charge in [0, 0.05) is 31.5 Å². The molecule has 0 saturated heterocycles. The van der Waals surface area contributed by atoms with Crippen molar-refractivity contribution in [2.24, 2.45) is 0 Å². The molecule has 2 heterocycles. The molecule has 4 rings (SSSR count). The molecule has 0 unspecified atom stereocenters. The van der Waals surface area contributed by atoms with E-state index in [2.05, 4.69) is 10.1 Å². The first kappa shape index (κ1) is 19.5. The lowest BCUT2D eigenvalue weighted by Gasteiger charge is -2.22. The maximum absolute atomic E-state index is 14.1. The van der Waals surface area contributed by atoms with Gasteiger partial charge in [-0.3, -0.25) is 9.78 Å². The Bertz CT molecular complexity index is 1160. The highest BCUT2D eigenvalue weighted by Crippen LogP contribution is 2.24. The fraction of sp³-hybridized carbons (Fsp3) is 0.125. The largest absolute Gasteiger partial charge is 0.355 e. The highest BCUT2D eigenvalue weighted by Gasteiger charge is 2.22. The summed E-state index contributed by atoms with van der Waals surface area (Å²) < 4.78 is 19.4. The summed E-state index contributed by atoms with van der Waals surface area (Å²) >= 11 is 0. The second kappa shape index (κ2) is 8.69. The minimum atomic E-state index is -0.431. The number of nitrogens with zero attached hydrogens (tertiary/aromatic N) is 3. The summed E-state index contributed by atoms with van der Waals surface area (Å²) in [5, 5.41) is 3.91. The third-order valence-electron chi connectivity index (χ3n) is 4.87. The maximum atomic E-state index is 14.1. The Morgan fingerprint density at radius 2 is 1.83 bits per heavy atom. The second-order valence-electron chi connectivity index (χ2n) is 7.01. The van der Waals surface area contributed by atoms with Gasteiger partial charge in [-0.15, -0.1) is 0 Å². The van der Waals surface area contributed by atoms with Crippen molar-refractivity contribution in [3.63, 3.8) is 0 Å². The van der Waals surface area contributed by atoms with Crippen molar-refractivity contribution >= 4 is 5.91 Å². The smallest absolute Gasteiger partial charge is 0.276 e. The molecule has 4 aromatic rings. The van der Waals surface area contributed by atoms with Crippen LogP contribution in [0.15, 0.2) is 83.6 Å². The third kappa shape index (κ3) is 4.27. The number of halogens is 1. The van der Waals surface area contributed by atoms with Gasteiger partial charge in [-0.25, -0.2) is 4.39 Å². The lowest BCUT2D eigenvalue weighted by molar-refractivity contribution is 0.0719. The van der Waals surface area contributed by atoms with Gasteiger partial charge >= 0.3 is 0 Å². The number of aromatic nitrogens is 2. The Labute approximate surface area is 173 Å². The lowest BCUT2D eigenvalue weighted by atomic mass is 10.1. The van der Waals surface area contributed by atoms with Gasteiger partial charge in [-0.2, -0.15) is 0 Å². The van der Waals surface area contributed by atoms with Crippen molar-refractivity contribution in [3.8, 4) is 11.3 Å². The van der Waals surface area contributed by atoms with Crippen LogP contribution in [0.4, 0.5) is 4.39 Å². The van der Waals surface area contributed by atoms with Gasteiger partial charge in [-0.1, -0.05) is 47.6 Å². The molecule has 0 fully saturated rings. The number of pyridine rings is 1. The van der Waals surface area contributed by atoms with E-state index in [-0.39, 0.29) is 22.9 Å². The van der Waals surface area contributed by atoms with E-state index >= 15 is 0 Å². The number of carbonyl (C=O) groups excluding carboxylic acids is 1. The Morgan fingerprint density at radius 3 is 2.60 bits per heavy atom. The molecule has 2 aromatic carbocycles.